The van der Waals surface area contributed by atoms with Crippen LogP contribution in [-0.4, -0.2) is 35.0 Å². The first-order chi connectivity index (χ1) is 12.6. The number of carbonyl (C=O) groups excluding carboxylic acids is 1. The number of amides is 1. The van der Waals surface area contributed by atoms with E-state index in [1.807, 2.05) is 36.4 Å². The van der Waals surface area contributed by atoms with E-state index >= 15 is 0 Å². The van der Waals surface area contributed by atoms with E-state index in [-0.39, 0.29) is 11.8 Å². The third kappa shape index (κ3) is 4.72. The zero-order chi connectivity index (χ0) is 18.4. The second-order valence-electron chi connectivity index (χ2n) is 7.02. The Morgan fingerprint density at radius 2 is 1.69 bits per heavy atom. The van der Waals surface area contributed by atoms with Gasteiger partial charge in [0.05, 0.1) is 5.92 Å². The second-order valence-corrected chi connectivity index (χ2v) is 7.02. The molecule has 3 rings (SSSR count). The lowest BCUT2D eigenvalue weighted by atomic mass is 9.88. The first kappa shape index (κ1) is 18.2. The lowest BCUT2D eigenvalue weighted by Gasteiger charge is -2.32. The molecule has 1 aliphatic rings. The summed E-state index contributed by atoms with van der Waals surface area (Å²) in [7, 11) is 0. The normalized spacial score (nSPS) is 18.3. The van der Waals surface area contributed by atoms with Crippen molar-refractivity contribution in [1.29, 1.82) is 0 Å². The van der Waals surface area contributed by atoms with E-state index in [0.29, 0.717) is 25.9 Å². The van der Waals surface area contributed by atoms with Crippen molar-refractivity contribution in [3.8, 4) is 0 Å². The Labute approximate surface area is 154 Å². The molecule has 0 aromatic heterocycles. The van der Waals surface area contributed by atoms with Crippen molar-refractivity contribution >= 4 is 11.9 Å². The van der Waals surface area contributed by atoms with Gasteiger partial charge in [-0.05, 0) is 36.3 Å². The van der Waals surface area contributed by atoms with Crippen molar-refractivity contribution in [3.63, 3.8) is 0 Å². The van der Waals surface area contributed by atoms with E-state index in [0.717, 1.165) is 18.4 Å². The standard InChI is InChI=1S/C22H25NO3/c24-21(23-13-7-12-19(16-23)22(25)26)15-20(18-10-5-2-6-11-18)14-17-8-3-1-4-9-17/h1-6,8-11,19-20H,7,12-16H2,(H,25,26). The van der Waals surface area contributed by atoms with Crippen molar-refractivity contribution in [3.05, 3.63) is 71.8 Å². The summed E-state index contributed by atoms with van der Waals surface area (Å²) < 4.78 is 0. The van der Waals surface area contributed by atoms with Crippen LogP contribution in [0.1, 0.15) is 36.3 Å². The summed E-state index contributed by atoms with van der Waals surface area (Å²) in [6.45, 7) is 0.997. The monoisotopic (exact) mass is 351 g/mol. The van der Waals surface area contributed by atoms with E-state index in [9.17, 15) is 14.7 Å². The summed E-state index contributed by atoms with van der Waals surface area (Å²) in [5, 5.41) is 9.25. The molecule has 1 saturated heterocycles. The van der Waals surface area contributed by atoms with Crippen LogP contribution < -0.4 is 0 Å². The van der Waals surface area contributed by atoms with Gasteiger partial charge in [0.1, 0.15) is 0 Å². The van der Waals surface area contributed by atoms with E-state index < -0.39 is 11.9 Å². The summed E-state index contributed by atoms with van der Waals surface area (Å²) in [5.74, 6) is -1.08. The lowest BCUT2D eigenvalue weighted by Crippen LogP contribution is -2.42. The number of rotatable bonds is 6. The molecule has 0 spiro atoms. The van der Waals surface area contributed by atoms with E-state index in [1.54, 1.807) is 4.90 Å². The fourth-order valence-electron chi connectivity index (χ4n) is 3.68. The van der Waals surface area contributed by atoms with Crippen molar-refractivity contribution in [2.75, 3.05) is 13.1 Å². The Morgan fingerprint density at radius 1 is 1.04 bits per heavy atom. The quantitative estimate of drug-likeness (QED) is 0.863. The topological polar surface area (TPSA) is 57.6 Å². The first-order valence-electron chi connectivity index (χ1n) is 9.23. The van der Waals surface area contributed by atoms with Crippen LogP contribution >= 0.6 is 0 Å². The molecule has 4 nitrogen and oxygen atoms in total. The molecule has 0 saturated carbocycles. The zero-order valence-corrected chi connectivity index (χ0v) is 14.9. The van der Waals surface area contributed by atoms with Crippen molar-refractivity contribution < 1.29 is 14.7 Å². The maximum absolute atomic E-state index is 12.9. The average Bonchev–Trinajstić information content (AvgIpc) is 2.69. The Morgan fingerprint density at radius 3 is 2.35 bits per heavy atom. The van der Waals surface area contributed by atoms with Crippen molar-refractivity contribution in [1.82, 2.24) is 4.90 Å². The highest BCUT2D eigenvalue weighted by Gasteiger charge is 2.29. The smallest absolute Gasteiger partial charge is 0.308 e. The number of likely N-dealkylation sites (tertiary alicyclic amines) is 1. The average molecular weight is 351 g/mol. The predicted molar refractivity (Wildman–Crippen MR) is 101 cm³/mol. The molecule has 0 radical (unpaired) electrons. The molecule has 2 unspecified atom stereocenters. The second kappa shape index (κ2) is 8.65. The Kier molecular flexibility index (Phi) is 6.05. The van der Waals surface area contributed by atoms with Crippen LogP contribution in [0.2, 0.25) is 0 Å². The van der Waals surface area contributed by atoms with Crippen LogP contribution in [0.25, 0.3) is 0 Å². The van der Waals surface area contributed by atoms with Crippen molar-refractivity contribution in [2.24, 2.45) is 5.92 Å². The molecule has 2 aromatic rings. The Bertz CT molecular complexity index is 730. The summed E-state index contributed by atoms with van der Waals surface area (Å²) in [6, 6.07) is 20.3. The molecular formula is C22H25NO3. The number of carbonyl (C=O) groups is 2. The number of nitrogens with zero attached hydrogens (tertiary/aromatic N) is 1. The Balaban J connectivity index is 1.72. The highest BCUT2D eigenvalue weighted by Crippen LogP contribution is 2.27. The van der Waals surface area contributed by atoms with Gasteiger partial charge in [0.2, 0.25) is 5.91 Å². The fraction of sp³-hybridized carbons (Fsp3) is 0.364. The lowest BCUT2D eigenvalue weighted by molar-refractivity contribution is -0.145. The minimum absolute atomic E-state index is 0.0562. The molecule has 1 amide bonds. The van der Waals surface area contributed by atoms with Crippen LogP contribution in [-0.2, 0) is 16.0 Å². The molecule has 0 bridgehead atoms. The third-order valence-corrected chi connectivity index (χ3v) is 5.14. The highest BCUT2D eigenvalue weighted by molar-refractivity contribution is 5.78. The predicted octanol–water partition coefficient (Wildman–Crippen LogP) is 3.73. The molecular weight excluding hydrogens is 326 g/mol. The maximum atomic E-state index is 12.9. The SMILES string of the molecule is O=C(O)C1CCCN(C(=O)CC(Cc2ccccc2)c2ccccc2)C1. The molecule has 2 aromatic carbocycles. The molecule has 4 heteroatoms. The minimum Gasteiger partial charge on any atom is -0.481 e. The number of hydrogen-bond donors (Lipinski definition) is 1. The molecule has 2 atom stereocenters. The summed E-state index contributed by atoms with van der Waals surface area (Å²) in [6.07, 6.45) is 2.63. The van der Waals surface area contributed by atoms with Gasteiger partial charge in [0.25, 0.3) is 0 Å². The molecule has 1 heterocycles. The summed E-state index contributed by atoms with van der Waals surface area (Å²) >= 11 is 0. The van der Waals surface area contributed by atoms with Gasteiger partial charge >= 0.3 is 5.97 Å². The van der Waals surface area contributed by atoms with Crippen LogP contribution in [0.15, 0.2) is 60.7 Å². The number of piperidine rings is 1. The Hall–Kier alpha value is -2.62. The van der Waals surface area contributed by atoms with Crippen molar-refractivity contribution in [2.45, 2.75) is 31.6 Å². The number of carboxylic acid groups (broad SMARTS) is 1. The van der Waals surface area contributed by atoms with E-state index in [4.69, 9.17) is 0 Å². The number of aliphatic carboxylic acids is 1. The van der Waals surface area contributed by atoms with Crippen LogP contribution in [0.5, 0.6) is 0 Å². The molecule has 26 heavy (non-hydrogen) atoms. The molecule has 1 aliphatic heterocycles. The fourth-order valence-corrected chi connectivity index (χ4v) is 3.68. The van der Waals surface area contributed by atoms with Gasteiger partial charge in [0, 0.05) is 19.5 Å². The van der Waals surface area contributed by atoms with Gasteiger partial charge < -0.3 is 10.0 Å². The summed E-state index contributed by atoms with van der Waals surface area (Å²) in [4.78, 5) is 25.9. The van der Waals surface area contributed by atoms with Gasteiger partial charge in [-0.25, -0.2) is 0 Å². The molecule has 1 N–H and O–H groups in total. The van der Waals surface area contributed by atoms with E-state index in [2.05, 4.69) is 24.3 Å². The zero-order valence-electron chi connectivity index (χ0n) is 14.9. The van der Waals surface area contributed by atoms with Gasteiger partial charge in [-0.3, -0.25) is 9.59 Å². The number of benzene rings is 2. The van der Waals surface area contributed by atoms with Crippen LogP contribution in [0.4, 0.5) is 0 Å². The highest BCUT2D eigenvalue weighted by atomic mass is 16.4. The van der Waals surface area contributed by atoms with Gasteiger partial charge in [-0.1, -0.05) is 60.7 Å². The van der Waals surface area contributed by atoms with E-state index in [1.165, 1.54) is 5.56 Å². The third-order valence-electron chi connectivity index (χ3n) is 5.14. The van der Waals surface area contributed by atoms with Gasteiger partial charge in [-0.15, -0.1) is 0 Å². The number of carboxylic acids is 1. The minimum atomic E-state index is -0.800. The first-order valence-corrected chi connectivity index (χ1v) is 9.23. The molecule has 1 fully saturated rings. The van der Waals surface area contributed by atoms with Gasteiger partial charge in [-0.2, -0.15) is 0 Å². The molecule has 136 valence electrons. The summed E-state index contributed by atoms with van der Waals surface area (Å²) in [5.41, 5.74) is 2.35. The molecule has 0 aliphatic carbocycles. The number of hydrogen-bond acceptors (Lipinski definition) is 2. The maximum Gasteiger partial charge on any atom is 0.308 e. The van der Waals surface area contributed by atoms with Gasteiger partial charge in [0.15, 0.2) is 0 Å². The largest absolute Gasteiger partial charge is 0.481 e. The van der Waals surface area contributed by atoms with Crippen LogP contribution in [0, 0.1) is 5.92 Å². The van der Waals surface area contributed by atoms with Crippen LogP contribution in [0.3, 0.4) is 0 Å².